The minimum absolute atomic E-state index is 0.145. The van der Waals surface area contributed by atoms with Crippen molar-refractivity contribution in [3.63, 3.8) is 0 Å². The molecule has 0 unspecified atom stereocenters. The summed E-state index contributed by atoms with van der Waals surface area (Å²) in [6.07, 6.45) is 3.65. The van der Waals surface area contributed by atoms with E-state index in [1.165, 1.54) is 6.33 Å². The number of fused-ring (bicyclic) bond motifs is 1. The van der Waals surface area contributed by atoms with Crippen LogP contribution in [0.5, 0.6) is 11.6 Å². The second kappa shape index (κ2) is 8.40. The van der Waals surface area contributed by atoms with Crippen LogP contribution < -0.4 is 9.47 Å². The topological polar surface area (TPSA) is 77.3 Å². The highest BCUT2D eigenvalue weighted by molar-refractivity contribution is 6.03. The Bertz CT molecular complexity index is 1170. The first-order valence-electron chi connectivity index (χ1n) is 10.5. The molecule has 0 amide bonds. The number of ether oxygens (including phenoxy) is 2. The molecule has 2 aromatic carbocycles. The van der Waals surface area contributed by atoms with Crippen molar-refractivity contribution >= 4 is 11.1 Å². The van der Waals surface area contributed by atoms with Gasteiger partial charge in [0.15, 0.2) is 0 Å². The van der Waals surface area contributed by atoms with Gasteiger partial charge in [0.1, 0.15) is 29.3 Å². The molecule has 2 heterocycles. The Balaban J connectivity index is 1.68. The number of benzene rings is 2. The summed E-state index contributed by atoms with van der Waals surface area (Å²) in [5.74, 6) is 1.94. The first-order valence-corrected chi connectivity index (χ1v) is 10.5. The van der Waals surface area contributed by atoms with Crippen LogP contribution >= 0.6 is 0 Å². The van der Waals surface area contributed by atoms with Crippen molar-refractivity contribution in [2.24, 2.45) is 0 Å². The van der Waals surface area contributed by atoms with Gasteiger partial charge in [-0.2, -0.15) is 0 Å². The van der Waals surface area contributed by atoms with E-state index in [9.17, 15) is 5.11 Å². The lowest BCUT2D eigenvalue weighted by Crippen LogP contribution is -2.27. The fourth-order valence-corrected chi connectivity index (χ4v) is 4.19. The smallest absolute Gasteiger partial charge is 0.234 e. The number of nitrogens with zero attached hydrogens (tertiary/aromatic N) is 2. The van der Waals surface area contributed by atoms with Crippen molar-refractivity contribution in [3.8, 4) is 34.1 Å². The van der Waals surface area contributed by atoms with Crippen LogP contribution in [0.25, 0.3) is 33.6 Å². The zero-order chi connectivity index (χ0) is 21.2. The van der Waals surface area contributed by atoms with Crippen LogP contribution in [0.3, 0.4) is 0 Å². The normalized spacial score (nSPS) is 18.8. The van der Waals surface area contributed by atoms with Gasteiger partial charge < -0.3 is 13.9 Å². The predicted molar refractivity (Wildman–Crippen MR) is 117 cm³/mol. The molecule has 1 aliphatic rings. The first kappa shape index (κ1) is 19.6. The molecule has 2 aromatic heterocycles. The minimum Gasteiger partial charge on any atom is -0.497 e. The van der Waals surface area contributed by atoms with E-state index in [4.69, 9.17) is 13.9 Å². The molecule has 6 heteroatoms. The molecule has 31 heavy (non-hydrogen) atoms. The maximum atomic E-state index is 12.0. The molecule has 1 radical (unpaired) electrons. The molecule has 0 N–H and O–H groups in total. The molecule has 1 saturated carbocycles. The number of rotatable bonds is 5. The summed E-state index contributed by atoms with van der Waals surface area (Å²) >= 11 is 0. The molecule has 6 nitrogen and oxygen atoms in total. The highest BCUT2D eigenvalue weighted by Crippen LogP contribution is 2.44. The Morgan fingerprint density at radius 2 is 1.77 bits per heavy atom. The molecule has 5 rings (SSSR count). The van der Waals surface area contributed by atoms with Crippen molar-refractivity contribution < 1.29 is 19.0 Å². The van der Waals surface area contributed by atoms with Gasteiger partial charge in [-0.15, -0.1) is 0 Å². The van der Waals surface area contributed by atoms with Crippen molar-refractivity contribution in [1.29, 1.82) is 0 Å². The summed E-state index contributed by atoms with van der Waals surface area (Å²) in [5.41, 5.74) is 3.22. The maximum absolute atomic E-state index is 12.0. The number of aromatic nitrogens is 2. The highest BCUT2D eigenvalue weighted by Gasteiger charge is 2.27. The minimum atomic E-state index is -0.582. The van der Waals surface area contributed by atoms with Crippen LogP contribution in [0.15, 0.2) is 65.3 Å². The molecule has 157 valence electrons. The molecule has 1 fully saturated rings. The van der Waals surface area contributed by atoms with E-state index in [1.54, 1.807) is 7.11 Å². The fraction of sp³-hybridized carbons (Fsp3) is 0.280. The van der Waals surface area contributed by atoms with E-state index in [0.717, 1.165) is 40.7 Å². The first-order chi connectivity index (χ1) is 15.2. The van der Waals surface area contributed by atoms with Crippen LogP contribution in [0.2, 0.25) is 0 Å². The van der Waals surface area contributed by atoms with E-state index < -0.39 is 6.10 Å². The van der Waals surface area contributed by atoms with Crippen molar-refractivity contribution in [2.75, 3.05) is 7.11 Å². The molecular weight excluding hydrogens is 392 g/mol. The number of hydrogen-bond donors (Lipinski definition) is 0. The molecule has 0 saturated heterocycles. The summed E-state index contributed by atoms with van der Waals surface area (Å²) in [7, 11) is 1.64. The van der Waals surface area contributed by atoms with Crippen LogP contribution in [-0.2, 0) is 5.11 Å². The summed E-state index contributed by atoms with van der Waals surface area (Å²) in [4.78, 5) is 8.80. The largest absolute Gasteiger partial charge is 0.497 e. The Kier molecular flexibility index (Phi) is 5.30. The monoisotopic (exact) mass is 415 g/mol. The molecule has 4 aromatic rings. The highest BCUT2D eigenvalue weighted by atomic mass is 16.5. The molecule has 1 aliphatic carbocycles. The SMILES string of the molecule is COc1ccc(-c2c(-c3ccccc3)oc3ncnc(O[C@@H]4CCC[C@@H]([O])C4)c23)cc1. The van der Waals surface area contributed by atoms with Gasteiger partial charge in [0.25, 0.3) is 0 Å². The van der Waals surface area contributed by atoms with Gasteiger partial charge in [-0.1, -0.05) is 42.5 Å². The summed E-state index contributed by atoms with van der Waals surface area (Å²) in [6.45, 7) is 0. The van der Waals surface area contributed by atoms with Gasteiger partial charge in [0, 0.05) is 17.5 Å². The van der Waals surface area contributed by atoms with Crippen molar-refractivity contribution in [3.05, 3.63) is 60.9 Å². The Morgan fingerprint density at radius 3 is 2.52 bits per heavy atom. The van der Waals surface area contributed by atoms with Crippen LogP contribution in [0, 0.1) is 0 Å². The zero-order valence-electron chi connectivity index (χ0n) is 17.3. The Morgan fingerprint density at radius 1 is 0.968 bits per heavy atom. The van der Waals surface area contributed by atoms with E-state index in [-0.39, 0.29) is 6.10 Å². The zero-order valence-corrected chi connectivity index (χ0v) is 17.3. The van der Waals surface area contributed by atoms with E-state index >= 15 is 0 Å². The summed E-state index contributed by atoms with van der Waals surface area (Å²) < 4.78 is 17.8. The average Bonchev–Trinajstić information content (AvgIpc) is 3.20. The number of furan rings is 1. The van der Waals surface area contributed by atoms with Gasteiger partial charge in [-0.05, 0) is 37.0 Å². The van der Waals surface area contributed by atoms with Crippen LogP contribution in [0.1, 0.15) is 25.7 Å². The van der Waals surface area contributed by atoms with Gasteiger partial charge >= 0.3 is 0 Å². The van der Waals surface area contributed by atoms with Gasteiger partial charge in [0.2, 0.25) is 11.6 Å². The number of hydrogen-bond acceptors (Lipinski definition) is 5. The van der Waals surface area contributed by atoms with Crippen LogP contribution in [0.4, 0.5) is 0 Å². The molecule has 0 aliphatic heterocycles. The lowest BCUT2D eigenvalue weighted by atomic mass is 9.95. The lowest BCUT2D eigenvalue weighted by molar-refractivity contribution is 0.00797. The molecule has 0 spiro atoms. The standard InChI is InChI=1S/C25H23N2O4/c1-29-19-12-10-16(11-13-19)21-22-24(30-20-9-5-8-18(28)14-20)26-15-27-25(22)31-23(21)17-6-3-2-4-7-17/h2-4,6-7,10-13,15,18,20H,5,8-9,14H2,1H3/t18-,20-/m1/s1. The molecular formula is C25H23N2O4. The van der Waals surface area contributed by atoms with E-state index in [2.05, 4.69) is 9.97 Å². The molecule has 2 atom stereocenters. The third kappa shape index (κ3) is 3.86. The average molecular weight is 415 g/mol. The van der Waals surface area contributed by atoms with Gasteiger partial charge in [-0.3, -0.25) is 0 Å². The Hall–Kier alpha value is -3.38. The Labute approximate surface area is 180 Å². The fourth-order valence-electron chi connectivity index (χ4n) is 4.19. The lowest BCUT2D eigenvalue weighted by Gasteiger charge is -2.25. The van der Waals surface area contributed by atoms with E-state index in [1.807, 2.05) is 54.6 Å². The van der Waals surface area contributed by atoms with Crippen molar-refractivity contribution in [2.45, 2.75) is 37.9 Å². The predicted octanol–water partition coefficient (Wildman–Crippen LogP) is 5.69. The van der Waals surface area contributed by atoms with E-state index in [0.29, 0.717) is 30.2 Å². The maximum Gasteiger partial charge on any atom is 0.234 e. The van der Waals surface area contributed by atoms with Crippen molar-refractivity contribution in [1.82, 2.24) is 9.97 Å². The third-order valence-corrected chi connectivity index (χ3v) is 5.72. The summed E-state index contributed by atoms with van der Waals surface area (Å²) in [6, 6.07) is 17.7. The second-order valence-corrected chi connectivity index (χ2v) is 7.79. The quantitative estimate of drug-likeness (QED) is 0.419. The molecule has 0 bridgehead atoms. The second-order valence-electron chi connectivity index (χ2n) is 7.79. The van der Waals surface area contributed by atoms with Gasteiger partial charge in [-0.25, -0.2) is 15.1 Å². The summed E-state index contributed by atoms with van der Waals surface area (Å²) in [5, 5.41) is 12.7. The van der Waals surface area contributed by atoms with Gasteiger partial charge in [0.05, 0.1) is 13.2 Å². The number of methoxy groups -OCH3 is 1. The van der Waals surface area contributed by atoms with Crippen LogP contribution in [-0.4, -0.2) is 29.3 Å². The third-order valence-electron chi connectivity index (χ3n) is 5.72.